The number of aromatic amines is 1. The van der Waals surface area contributed by atoms with Crippen molar-refractivity contribution < 1.29 is 13.2 Å². The number of fused-ring (bicyclic) bond motifs is 1. The molecule has 0 unspecified atom stereocenters. The summed E-state index contributed by atoms with van der Waals surface area (Å²) in [6.07, 6.45) is 0. The van der Waals surface area contributed by atoms with Gasteiger partial charge in [-0.3, -0.25) is 9.69 Å². The molecule has 2 heterocycles. The first-order valence-corrected chi connectivity index (χ1v) is 11.5. The van der Waals surface area contributed by atoms with Crippen LogP contribution >= 0.6 is 11.6 Å². The number of para-hydroxylation sites is 1. The fraction of sp³-hybridized carbons (Fsp3) is 0.286. The second kappa shape index (κ2) is 8.18. The van der Waals surface area contributed by atoms with Crippen LogP contribution in [0.3, 0.4) is 0 Å². The van der Waals surface area contributed by atoms with E-state index in [1.807, 2.05) is 35.2 Å². The lowest BCUT2D eigenvalue weighted by Crippen LogP contribution is -2.49. The molecule has 29 heavy (non-hydrogen) atoms. The number of piperazine rings is 1. The van der Waals surface area contributed by atoms with E-state index in [9.17, 15) is 13.2 Å². The molecule has 0 atom stereocenters. The van der Waals surface area contributed by atoms with Gasteiger partial charge in [-0.05, 0) is 36.4 Å². The molecule has 6 nitrogen and oxygen atoms in total. The van der Waals surface area contributed by atoms with E-state index in [4.69, 9.17) is 11.6 Å². The minimum atomic E-state index is -3.35. The number of halogens is 1. The number of H-pyrrole nitrogens is 1. The third-order valence-corrected chi connectivity index (χ3v) is 7.23. The van der Waals surface area contributed by atoms with Gasteiger partial charge in [-0.15, -0.1) is 0 Å². The van der Waals surface area contributed by atoms with E-state index in [1.165, 1.54) is 12.1 Å². The van der Waals surface area contributed by atoms with Crippen LogP contribution in [-0.4, -0.2) is 67.6 Å². The van der Waals surface area contributed by atoms with Gasteiger partial charge in [0, 0.05) is 48.6 Å². The van der Waals surface area contributed by atoms with Crippen LogP contribution < -0.4 is 0 Å². The highest BCUT2D eigenvalue weighted by Gasteiger charge is 2.24. The van der Waals surface area contributed by atoms with Crippen LogP contribution in [-0.2, 0) is 9.84 Å². The highest BCUT2D eigenvalue weighted by molar-refractivity contribution is 7.91. The SMILES string of the molecule is O=C(c1cc2ccccc2[nH]1)N1CCN(CCS(=O)(=O)c2ccc(Cl)cc2)CC1. The zero-order valence-corrected chi connectivity index (χ0v) is 17.4. The Hall–Kier alpha value is -2.35. The number of carbonyl (C=O) groups is 1. The van der Waals surface area contributed by atoms with Crippen LogP contribution in [0.4, 0.5) is 0 Å². The van der Waals surface area contributed by atoms with Crippen molar-refractivity contribution in [3.8, 4) is 0 Å². The van der Waals surface area contributed by atoms with Gasteiger partial charge in [0.15, 0.2) is 9.84 Å². The summed E-state index contributed by atoms with van der Waals surface area (Å²) < 4.78 is 25.0. The van der Waals surface area contributed by atoms with E-state index in [0.29, 0.717) is 43.4 Å². The van der Waals surface area contributed by atoms with Gasteiger partial charge in [-0.2, -0.15) is 0 Å². The number of amides is 1. The standard InChI is InChI=1S/C21H22ClN3O3S/c22-17-5-7-18(8-6-17)29(27,28)14-13-24-9-11-25(12-10-24)21(26)20-15-16-3-1-2-4-19(16)23-20/h1-8,15,23H,9-14H2. The fourth-order valence-corrected chi connectivity index (χ4v) is 4.95. The topological polar surface area (TPSA) is 73.5 Å². The number of hydrogen-bond acceptors (Lipinski definition) is 4. The summed E-state index contributed by atoms with van der Waals surface area (Å²) in [7, 11) is -3.35. The zero-order valence-electron chi connectivity index (χ0n) is 15.8. The minimum absolute atomic E-state index is 0.0189. The lowest BCUT2D eigenvalue weighted by atomic mass is 10.2. The predicted molar refractivity (Wildman–Crippen MR) is 114 cm³/mol. The number of rotatable bonds is 5. The maximum Gasteiger partial charge on any atom is 0.270 e. The number of nitrogens with one attached hydrogen (secondary N) is 1. The molecule has 1 saturated heterocycles. The smallest absolute Gasteiger partial charge is 0.270 e. The van der Waals surface area contributed by atoms with Crippen molar-refractivity contribution >= 4 is 38.2 Å². The summed E-state index contributed by atoms with van der Waals surface area (Å²) in [5.74, 6) is 0.0274. The van der Waals surface area contributed by atoms with Gasteiger partial charge >= 0.3 is 0 Å². The van der Waals surface area contributed by atoms with Crippen molar-refractivity contribution in [3.05, 3.63) is 65.3 Å². The van der Waals surface area contributed by atoms with Gasteiger partial charge in [0.05, 0.1) is 10.6 Å². The number of benzene rings is 2. The highest BCUT2D eigenvalue weighted by Crippen LogP contribution is 2.18. The molecule has 4 rings (SSSR count). The average Bonchev–Trinajstić information content (AvgIpc) is 3.17. The number of carbonyl (C=O) groups excluding carboxylic acids is 1. The van der Waals surface area contributed by atoms with Crippen molar-refractivity contribution in [1.82, 2.24) is 14.8 Å². The van der Waals surface area contributed by atoms with Gasteiger partial charge in [-0.25, -0.2) is 8.42 Å². The number of hydrogen-bond donors (Lipinski definition) is 1. The van der Waals surface area contributed by atoms with Gasteiger partial charge < -0.3 is 9.88 Å². The monoisotopic (exact) mass is 431 g/mol. The number of sulfone groups is 1. The largest absolute Gasteiger partial charge is 0.351 e. The molecule has 0 aliphatic carbocycles. The summed E-state index contributed by atoms with van der Waals surface area (Å²) in [4.78, 5) is 20.1. The summed E-state index contributed by atoms with van der Waals surface area (Å²) in [5.41, 5.74) is 1.53. The van der Waals surface area contributed by atoms with E-state index < -0.39 is 9.84 Å². The van der Waals surface area contributed by atoms with Crippen LogP contribution in [0.5, 0.6) is 0 Å². The third kappa shape index (κ3) is 4.47. The lowest BCUT2D eigenvalue weighted by Gasteiger charge is -2.34. The van der Waals surface area contributed by atoms with E-state index in [0.717, 1.165) is 10.9 Å². The van der Waals surface area contributed by atoms with Crippen molar-refractivity contribution in [2.75, 3.05) is 38.5 Å². The Balaban J connectivity index is 1.32. The molecule has 1 aromatic heterocycles. The molecular formula is C21H22ClN3O3S. The average molecular weight is 432 g/mol. The normalized spacial score (nSPS) is 15.7. The molecule has 2 aromatic carbocycles. The maximum absolute atomic E-state index is 12.8. The third-order valence-electron chi connectivity index (χ3n) is 5.27. The molecule has 0 saturated carbocycles. The first kappa shape index (κ1) is 19.9. The molecule has 0 spiro atoms. The van der Waals surface area contributed by atoms with Gasteiger partial charge in [0.1, 0.15) is 5.69 Å². The molecule has 8 heteroatoms. The van der Waals surface area contributed by atoms with Gasteiger partial charge in [-0.1, -0.05) is 29.8 Å². The minimum Gasteiger partial charge on any atom is -0.351 e. The lowest BCUT2D eigenvalue weighted by molar-refractivity contribution is 0.0639. The Morgan fingerprint density at radius 3 is 2.38 bits per heavy atom. The van der Waals surface area contributed by atoms with Crippen LogP contribution in [0, 0.1) is 0 Å². The highest BCUT2D eigenvalue weighted by atomic mass is 35.5. The summed E-state index contributed by atoms with van der Waals surface area (Å²) in [6.45, 7) is 2.91. The van der Waals surface area contributed by atoms with Crippen molar-refractivity contribution in [2.24, 2.45) is 0 Å². The number of nitrogens with zero attached hydrogens (tertiary/aromatic N) is 2. The van der Waals surface area contributed by atoms with Gasteiger partial charge in [0.2, 0.25) is 0 Å². The molecule has 0 bridgehead atoms. The van der Waals surface area contributed by atoms with Crippen molar-refractivity contribution in [1.29, 1.82) is 0 Å². The van der Waals surface area contributed by atoms with E-state index >= 15 is 0 Å². The van der Waals surface area contributed by atoms with E-state index in [-0.39, 0.29) is 16.6 Å². The Labute approximate surface area is 175 Å². The molecule has 1 aliphatic rings. The van der Waals surface area contributed by atoms with Crippen molar-refractivity contribution in [2.45, 2.75) is 4.90 Å². The molecular weight excluding hydrogens is 410 g/mol. The van der Waals surface area contributed by atoms with Crippen LogP contribution in [0.2, 0.25) is 5.02 Å². The molecule has 1 amide bonds. The first-order chi connectivity index (χ1) is 13.9. The Bertz CT molecular complexity index is 1080. The van der Waals surface area contributed by atoms with E-state index in [1.54, 1.807) is 12.1 Å². The molecule has 1 fully saturated rings. The fourth-order valence-electron chi connectivity index (χ4n) is 3.54. The molecule has 3 aromatic rings. The second-order valence-corrected chi connectivity index (χ2v) is 9.72. The van der Waals surface area contributed by atoms with E-state index in [2.05, 4.69) is 9.88 Å². The quantitative estimate of drug-likeness (QED) is 0.673. The van der Waals surface area contributed by atoms with Crippen LogP contribution in [0.15, 0.2) is 59.5 Å². The summed E-state index contributed by atoms with van der Waals surface area (Å²) in [6, 6.07) is 15.9. The predicted octanol–water partition coefficient (Wildman–Crippen LogP) is 3.05. The second-order valence-electron chi connectivity index (χ2n) is 7.18. The molecule has 1 aliphatic heterocycles. The maximum atomic E-state index is 12.8. The Morgan fingerprint density at radius 2 is 1.69 bits per heavy atom. The summed E-state index contributed by atoms with van der Waals surface area (Å²) in [5, 5.41) is 1.53. The molecule has 152 valence electrons. The Morgan fingerprint density at radius 1 is 1.00 bits per heavy atom. The molecule has 0 radical (unpaired) electrons. The van der Waals surface area contributed by atoms with Crippen molar-refractivity contribution in [3.63, 3.8) is 0 Å². The van der Waals surface area contributed by atoms with Crippen LogP contribution in [0.25, 0.3) is 10.9 Å². The van der Waals surface area contributed by atoms with Gasteiger partial charge in [0.25, 0.3) is 5.91 Å². The molecule has 1 N–H and O–H groups in total. The summed E-state index contributed by atoms with van der Waals surface area (Å²) >= 11 is 5.83. The first-order valence-electron chi connectivity index (χ1n) is 9.50. The number of aromatic nitrogens is 1. The Kier molecular flexibility index (Phi) is 5.63. The van der Waals surface area contributed by atoms with Crippen LogP contribution in [0.1, 0.15) is 10.5 Å². The zero-order chi connectivity index (χ0) is 20.4.